The van der Waals surface area contributed by atoms with Crippen LogP contribution in [0.5, 0.6) is 11.5 Å². The molecule has 0 unspecified atom stereocenters. The van der Waals surface area contributed by atoms with Crippen molar-refractivity contribution < 1.29 is 9.47 Å². The van der Waals surface area contributed by atoms with Crippen LogP contribution >= 0.6 is 12.2 Å². The van der Waals surface area contributed by atoms with Crippen molar-refractivity contribution in [1.29, 1.82) is 0 Å². The van der Waals surface area contributed by atoms with E-state index in [2.05, 4.69) is 10.6 Å². The molecule has 0 aromatic heterocycles. The average molecular weight is 252 g/mol. The Hall–Kier alpha value is -1.49. The molecule has 17 heavy (non-hydrogen) atoms. The Balaban J connectivity index is 1.81. The molecule has 0 spiro atoms. The van der Waals surface area contributed by atoms with Crippen molar-refractivity contribution in [1.82, 2.24) is 10.6 Å². The number of thiocarbonyl (C=S) groups is 1. The normalized spacial score (nSPS) is 12.3. The molecule has 0 radical (unpaired) electrons. The van der Waals surface area contributed by atoms with Gasteiger partial charge in [-0.1, -0.05) is 6.07 Å². The van der Waals surface area contributed by atoms with Crippen LogP contribution < -0.4 is 20.1 Å². The zero-order valence-corrected chi connectivity index (χ0v) is 10.6. The first-order valence-electron chi connectivity index (χ1n) is 5.70. The number of rotatable bonds is 4. The summed E-state index contributed by atoms with van der Waals surface area (Å²) in [7, 11) is 0. The number of benzene rings is 1. The molecule has 0 saturated carbocycles. The van der Waals surface area contributed by atoms with Crippen LogP contribution in [0.1, 0.15) is 12.5 Å². The van der Waals surface area contributed by atoms with Crippen molar-refractivity contribution in [2.75, 3.05) is 19.9 Å². The average Bonchev–Trinajstić information content (AvgIpc) is 2.76. The van der Waals surface area contributed by atoms with Gasteiger partial charge in [-0.2, -0.15) is 0 Å². The summed E-state index contributed by atoms with van der Waals surface area (Å²) < 4.78 is 10.6. The van der Waals surface area contributed by atoms with E-state index in [1.54, 1.807) is 0 Å². The quantitative estimate of drug-likeness (QED) is 0.794. The van der Waals surface area contributed by atoms with Crippen molar-refractivity contribution in [3.63, 3.8) is 0 Å². The first kappa shape index (κ1) is 12.0. The minimum Gasteiger partial charge on any atom is -0.454 e. The van der Waals surface area contributed by atoms with Gasteiger partial charge in [-0.05, 0) is 43.3 Å². The Labute approximate surface area is 106 Å². The summed E-state index contributed by atoms with van der Waals surface area (Å²) in [6.07, 6.45) is 0.905. The van der Waals surface area contributed by atoms with E-state index >= 15 is 0 Å². The van der Waals surface area contributed by atoms with Crippen LogP contribution in [-0.4, -0.2) is 25.0 Å². The van der Waals surface area contributed by atoms with Gasteiger partial charge < -0.3 is 20.1 Å². The standard InChI is InChI=1S/C12H16N2O2S/c1-2-13-12(17)14-6-5-9-3-4-10-11(7-9)16-8-15-10/h3-4,7H,2,5-6,8H2,1H3,(H2,13,14,17). The summed E-state index contributed by atoms with van der Waals surface area (Å²) in [5.41, 5.74) is 1.21. The SMILES string of the molecule is CCNC(=S)NCCc1ccc2c(c1)OCO2. The first-order valence-corrected chi connectivity index (χ1v) is 6.10. The highest BCUT2D eigenvalue weighted by atomic mass is 32.1. The van der Waals surface area contributed by atoms with Gasteiger partial charge in [0, 0.05) is 13.1 Å². The van der Waals surface area contributed by atoms with Gasteiger partial charge in [0.05, 0.1) is 0 Å². The Morgan fingerprint density at radius 3 is 2.94 bits per heavy atom. The summed E-state index contributed by atoms with van der Waals surface area (Å²) in [6.45, 7) is 3.99. The summed E-state index contributed by atoms with van der Waals surface area (Å²) >= 11 is 5.08. The maximum Gasteiger partial charge on any atom is 0.231 e. The van der Waals surface area contributed by atoms with E-state index in [1.807, 2.05) is 25.1 Å². The van der Waals surface area contributed by atoms with Gasteiger partial charge in [0.1, 0.15) is 0 Å². The predicted molar refractivity (Wildman–Crippen MR) is 70.5 cm³/mol. The minimum absolute atomic E-state index is 0.321. The second kappa shape index (κ2) is 5.72. The first-order chi connectivity index (χ1) is 8.29. The van der Waals surface area contributed by atoms with Crippen molar-refractivity contribution in [2.24, 2.45) is 0 Å². The van der Waals surface area contributed by atoms with E-state index in [4.69, 9.17) is 21.7 Å². The highest BCUT2D eigenvalue weighted by Gasteiger charge is 2.12. The molecule has 92 valence electrons. The van der Waals surface area contributed by atoms with Crippen LogP contribution in [-0.2, 0) is 6.42 Å². The molecule has 1 aliphatic heterocycles. The molecule has 0 aliphatic carbocycles. The molecule has 1 aromatic carbocycles. The fourth-order valence-electron chi connectivity index (χ4n) is 1.64. The van der Waals surface area contributed by atoms with Gasteiger partial charge in [0.25, 0.3) is 0 Å². The van der Waals surface area contributed by atoms with E-state index in [0.29, 0.717) is 11.9 Å². The molecule has 1 aromatic rings. The zero-order valence-electron chi connectivity index (χ0n) is 9.79. The van der Waals surface area contributed by atoms with Gasteiger partial charge in [0.15, 0.2) is 16.6 Å². The van der Waals surface area contributed by atoms with Crippen molar-refractivity contribution in [2.45, 2.75) is 13.3 Å². The van der Waals surface area contributed by atoms with E-state index < -0.39 is 0 Å². The highest BCUT2D eigenvalue weighted by molar-refractivity contribution is 7.80. The summed E-state index contributed by atoms with van der Waals surface area (Å²) in [5.74, 6) is 1.65. The minimum atomic E-state index is 0.321. The molecule has 2 rings (SSSR count). The molecule has 0 amide bonds. The third kappa shape index (κ3) is 3.23. The number of hydrogen-bond donors (Lipinski definition) is 2. The Morgan fingerprint density at radius 1 is 1.29 bits per heavy atom. The highest BCUT2D eigenvalue weighted by Crippen LogP contribution is 2.32. The Morgan fingerprint density at radius 2 is 2.12 bits per heavy atom. The second-order valence-electron chi connectivity index (χ2n) is 3.72. The lowest BCUT2D eigenvalue weighted by molar-refractivity contribution is 0.174. The third-order valence-corrected chi connectivity index (χ3v) is 2.76. The maximum atomic E-state index is 5.32. The number of hydrogen-bond acceptors (Lipinski definition) is 3. The lowest BCUT2D eigenvalue weighted by Crippen LogP contribution is -2.36. The summed E-state index contributed by atoms with van der Waals surface area (Å²) in [4.78, 5) is 0. The van der Waals surface area contributed by atoms with Crippen molar-refractivity contribution in [3.8, 4) is 11.5 Å². The molecule has 4 nitrogen and oxygen atoms in total. The molecule has 1 heterocycles. The molecule has 1 aliphatic rings. The van der Waals surface area contributed by atoms with Crippen molar-refractivity contribution >= 4 is 17.3 Å². The maximum absolute atomic E-state index is 5.32. The lowest BCUT2D eigenvalue weighted by Gasteiger charge is -2.08. The van der Waals surface area contributed by atoms with Crippen LogP contribution in [0, 0.1) is 0 Å². The van der Waals surface area contributed by atoms with Gasteiger partial charge in [-0.15, -0.1) is 0 Å². The fourth-order valence-corrected chi connectivity index (χ4v) is 1.89. The van der Waals surface area contributed by atoms with Crippen LogP contribution in [0.2, 0.25) is 0 Å². The monoisotopic (exact) mass is 252 g/mol. The largest absolute Gasteiger partial charge is 0.454 e. The third-order valence-electron chi connectivity index (χ3n) is 2.47. The van der Waals surface area contributed by atoms with E-state index in [9.17, 15) is 0 Å². The molecular weight excluding hydrogens is 236 g/mol. The van der Waals surface area contributed by atoms with E-state index in [-0.39, 0.29) is 0 Å². The molecule has 0 bridgehead atoms. The number of fused-ring (bicyclic) bond motifs is 1. The van der Waals surface area contributed by atoms with Crippen LogP contribution in [0.3, 0.4) is 0 Å². The predicted octanol–water partition coefficient (Wildman–Crippen LogP) is 1.44. The lowest BCUT2D eigenvalue weighted by atomic mass is 10.1. The zero-order chi connectivity index (χ0) is 12.1. The van der Waals surface area contributed by atoms with Crippen LogP contribution in [0.25, 0.3) is 0 Å². The molecular formula is C12H16N2O2S. The van der Waals surface area contributed by atoms with Gasteiger partial charge in [-0.3, -0.25) is 0 Å². The molecule has 0 saturated heterocycles. The fraction of sp³-hybridized carbons (Fsp3) is 0.417. The van der Waals surface area contributed by atoms with Gasteiger partial charge in [-0.25, -0.2) is 0 Å². The Bertz CT molecular complexity index is 409. The topological polar surface area (TPSA) is 42.5 Å². The summed E-state index contributed by atoms with van der Waals surface area (Å²) in [5, 5.41) is 6.90. The molecule has 5 heteroatoms. The van der Waals surface area contributed by atoms with Crippen LogP contribution in [0.4, 0.5) is 0 Å². The van der Waals surface area contributed by atoms with Crippen LogP contribution in [0.15, 0.2) is 18.2 Å². The Kier molecular flexibility index (Phi) is 4.03. The van der Waals surface area contributed by atoms with Gasteiger partial charge >= 0.3 is 0 Å². The molecule has 2 N–H and O–H groups in total. The van der Waals surface area contributed by atoms with E-state index in [1.165, 1.54) is 5.56 Å². The number of ether oxygens (including phenoxy) is 2. The van der Waals surface area contributed by atoms with E-state index in [0.717, 1.165) is 31.0 Å². The molecule has 0 fully saturated rings. The smallest absolute Gasteiger partial charge is 0.231 e. The second-order valence-corrected chi connectivity index (χ2v) is 4.13. The molecule has 0 atom stereocenters. The van der Waals surface area contributed by atoms with Gasteiger partial charge in [0.2, 0.25) is 6.79 Å². The summed E-state index contributed by atoms with van der Waals surface area (Å²) in [6, 6.07) is 6.01. The van der Waals surface area contributed by atoms with Crippen molar-refractivity contribution in [3.05, 3.63) is 23.8 Å². The number of nitrogens with one attached hydrogen (secondary N) is 2.